The Morgan fingerprint density at radius 3 is 2.70 bits per heavy atom. The van der Waals surface area contributed by atoms with Crippen molar-refractivity contribution in [1.29, 1.82) is 0 Å². The molecule has 1 aliphatic rings. The van der Waals surface area contributed by atoms with E-state index in [1.165, 1.54) is 19.4 Å². The summed E-state index contributed by atoms with van der Waals surface area (Å²) in [4.78, 5) is 20.7. The lowest BCUT2D eigenvalue weighted by Gasteiger charge is -2.08. The quantitative estimate of drug-likeness (QED) is 0.766. The SMILES string of the molecule is COC(=O)c1ccc(OC2=NO[C@@H](c3ccc(Br)cc3)C2)cn1. The number of esters is 1. The van der Waals surface area contributed by atoms with Gasteiger partial charge in [0.15, 0.2) is 6.10 Å². The van der Waals surface area contributed by atoms with Crippen LogP contribution < -0.4 is 4.74 Å². The minimum Gasteiger partial charge on any atom is -0.464 e. The van der Waals surface area contributed by atoms with Gasteiger partial charge in [0.25, 0.3) is 0 Å². The number of carbonyl (C=O) groups excluding carboxylic acids is 1. The number of hydrogen-bond donors (Lipinski definition) is 0. The number of carbonyl (C=O) groups is 1. The number of aromatic nitrogens is 1. The Morgan fingerprint density at radius 1 is 1.26 bits per heavy atom. The molecule has 0 saturated carbocycles. The molecule has 0 unspecified atom stereocenters. The fourth-order valence-electron chi connectivity index (χ4n) is 2.07. The van der Waals surface area contributed by atoms with Crippen molar-refractivity contribution in [1.82, 2.24) is 4.98 Å². The Balaban J connectivity index is 1.61. The van der Waals surface area contributed by atoms with Crippen LogP contribution in [0, 0.1) is 0 Å². The lowest BCUT2D eigenvalue weighted by atomic mass is 10.1. The van der Waals surface area contributed by atoms with Crippen molar-refractivity contribution >= 4 is 27.8 Å². The van der Waals surface area contributed by atoms with E-state index in [0.717, 1.165) is 10.0 Å². The molecule has 118 valence electrons. The summed E-state index contributed by atoms with van der Waals surface area (Å²) in [5.41, 5.74) is 1.24. The topological polar surface area (TPSA) is 70.0 Å². The fraction of sp³-hybridized carbons (Fsp3) is 0.188. The van der Waals surface area contributed by atoms with E-state index >= 15 is 0 Å². The van der Waals surface area contributed by atoms with Crippen molar-refractivity contribution in [3.05, 3.63) is 58.3 Å². The molecule has 0 radical (unpaired) electrons. The van der Waals surface area contributed by atoms with Gasteiger partial charge in [0.1, 0.15) is 11.4 Å². The fourth-order valence-corrected chi connectivity index (χ4v) is 2.34. The number of ether oxygens (including phenoxy) is 2. The lowest BCUT2D eigenvalue weighted by molar-refractivity contribution is 0.0594. The zero-order valence-electron chi connectivity index (χ0n) is 12.2. The molecule has 0 N–H and O–H groups in total. The van der Waals surface area contributed by atoms with Crippen LogP contribution in [0.4, 0.5) is 0 Å². The zero-order chi connectivity index (χ0) is 16.2. The molecule has 23 heavy (non-hydrogen) atoms. The van der Waals surface area contributed by atoms with E-state index in [1.807, 2.05) is 24.3 Å². The van der Waals surface area contributed by atoms with Crippen LogP contribution in [0.2, 0.25) is 0 Å². The minimum atomic E-state index is -0.492. The number of rotatable bonds is 3. The highest BCUT2D eigenvalue weighted by molar-refractivity contribution is 9.10. The molecule has 0 amide bonds. The van der Waals surface area contributed by atoms with Crippen molar-refractivity contribution < 1.29 is 19.1 Å². The standard InChI is InChI=1S/C16H13BrN2O4/c1-21-16(20)13-7-6-12(9-18-13)22-15-8-14(23-19-15)10-2-4-11(17)5-3-10/h2-7,9,14H,8H2,1H3/t14-/m1/s1. The van der Waals surface area contributed by atoms with Crippen LogP contribution in [-0.2, 0) is 9.57 Å². The van der Waals surface area contributed by atoms with Crippen LogP contribution in [0.3, 0.4) is 0 Å². The second kappa shape index (κ2) is 6.78. The van der Waals surface area contributed by atoms with Crippen molar-refractivity contribution in [2.75, 3.05) is 7.11 Å². The van der Waals surface area contributed by atoms with Crippen LogP contribution in [0.1, 0.15) is 28.6 Å². The summed E-state index contributed by atoms with van der Waals surface area (Å²) in [7, 11) is 1.31. The summed E-state index contributed by atoms with van der Waals surface area (Å²) in [5.74, 6) is 0.454. The number of oxime groups is 1. The van der Waals surface area contributed by atoms with Gasteiger partial charge in [0.2, 0.25) is 5.90 Å². The number of methoxy groups -OCH3 is 1. The first-order chi connectivity index (χ1) is 11.2. The molecule has 0 aliphatic carbocycles. The van der Waals surface area contributed by atoms with E-state index in [4.69, 9.17) is 9.57 Å². The highest BCUT2D eigenvalue weighted by atomic mass is 79.9. The summed E-state index contributed by atoms with van der Waals surface area (Å²) < 4.78 is 11.2. The molecule has 3 rings (SSSR count). The number of hydrogen-bond acceptors (Lipinski definition) is 6. The van der Waals surface area contributed by atoms with Gasteiger partial charge in [-0.25, -0.2) is 9.78 Å². The molecule has 0 saturated heterocycles. The minimum absolute atomic E-state index is 0.166. The predicted octanol–water partition coefficient (Wildman–Crippen LogP) is 3.48. The molecule has 1 atom stereocenters. The van der Waals surface area contributed by atoms with Gasteiger partial charge in [-0.2, -0.15) is 0 Å². The molecule has 7 heteroatoms. The maximum Gasteiger partial charge on any atom is 0.356 e. The molecule has 0 fully saturated rings. The molecule has 2 heterocycles. The second-order valence-electron chi connectivity index (χ2n) is 4.81. The molecule has 2 aromatic rings. The zero-order valence-corrected chi connectivity index (χ0v) is 13.8. The van der Waals surface area contributed by atoms with E-state index in [9.17, 15) is 4.79 Å². The Kier molecular flexibility index (Phi) is 4.57. The van der Waals surface area contributed by atoms with Gasteiger partial charge in [-0.1, -0.05) is 33.2 Å². The first kappa shape index (κ1) is 15.5. The third-order valence-electron chi connectivity index (χ3n) is 3.25. The number of pyridine rings is 1. The van der Waals surface area contributed by atoms with Crippen LogP contribution in [-0.4, -0.2) is 24.0 Å². The predicted molar refractivity (Wildman–Crippen MR) is 86.2 cm³/mol. The molecule has 1 aromatic heterocycles. The molecule has 1 aromatic carbocycles. The first-order valence-electron chi connectivity index (χ1n) is 6.86. The highest BCUT2D eigenvalue weighted by Crippen LogP contribution is 2.29. The molecular weight excluding hydrogens is 364 g/mol. The number of nitrogens with zero attached hydrogens (tertiary/aromatic N) is 2. The average molecular weight is 377 g/mol. The molecule has 0 spiro atoms. The maximum absolute atomic E-state index is 11.3. The van der Waals surface area contributed by atoms with Crippen molar-refractivity contribution in [3.8, 4) is 5.75 Å². The van der Waals surface area contributed by atoms with E-state index < -0.39 is 5.97 Å². The van der Waals surface area contributed by atoms with Crippen LogP contribution >= 0.6 is 15.9 Å². The van der Waals surface area contributed by atoms with Gasteiger partial charge < -0.3 is 14.3 Å². The van der Waals surface area contributed by atoms with E-state index in [-0.39, 0.29) is 11.8 Å². The average Bonchev–Trinajstić information content (AvgIpc) is 3.04. The highest BCUT2D eigenvalue weighted by Gasteiger charge is 2.24. The van der Waals surface area contributed by atoms with Gasteiger partial charge in [-0.05, 0) is 29.8 Å². The van der Waals surface area contributed by atoms with Crippen molar-refractivity contribution in [3.63, 3.8) is 0 Å². The van der Waals surface area contributed by atoms with Crippen LogP contribution in [0.25, 0.3) is 0 Å². The van der Waals surface area contributed by atoms with Crippen LogP contribution in [0.5, 0.6) is 5.75 Å². The normalized spacial score (nSPS) is 16.4. The summed E-state index contributed by atoms with van der Waals surface area (Å²) in [6, 6.07) is 11.0. The summed E-state index contributed by atoms with van der Waals surface area (Å²) in [5, 5.41) is 3.95. The third kappa shape index (κ3) is 3.68. The molecule has 1 aliphatic heterocycles. The monoisotopic (exact) mass is 376 g/mol. The van der Waals surface area contributed by atoms with Gasteiger partial charge in [-0.15, -0.1) is 0 Å². The van der Waals surface area contributed by atoms with Gasteiger partial charge in [0.05, 0.1) is 19.7 Å². The Bertz CT molecular complexity index is 729. The Morgan fingerprint density at radius 2 is 2.04 bits per heavy atom. The smallest absolute Gasteiger partial charge is 0.356 e. The summed E-state index contributed by atoms with van der Waals surface area (Å²) in [6.45, 7) is 0. The molecule has 6 nitrogen and oxygen atoms in total. The van der Waals surface area contributed by atoms with Gasteiger partial charge in [-0.3, -0.25) is 0 Å². The molecule has 0 bridgehead atoms. The Labute approximate surface area is 141 Å². The van der Waals surface area contributed by atoms with Crippen molar-refractivity contribution in [2.24, 2.45) is 5.16 Å². The van der Waals surface area contributed by atoms with E-state index in [0.29, 0.717) is 18.1 Å². The Hall–Kier alpha value is -2.41. The summed E-state index contributed by atoms with van der Waals surface area (Å²) in [6.07, 6.45) is 1.81. The molecular formula is C16H13BrN2O4. The maximum atomic E-state index is 11.3. The summed E-state index contributed by atoms with van der Waals surface area (Å²) >= 11 is 3.40. The largest absolute Gasteiger partial charge is 0.464 e. The van der Waals surface area contributed by atoms with Gasteiger partial charge in [0, 0.05) is 4.47 Å². The van der Waals surface area contributed by atoms with Crippen LogP contribution in [0.15, 0.2) is 52.2 Å². The van der Waals surface area contributed by atoms with Crippen molar-refractivity contribution in [2.45, 2.75) is 12.5 Å². The second-order valence-corrected chi connectivity index (χ2v) is 5.72. The third-order valence-corrected chi connectivity index (χ3v) is 3.78. The van der Waals surface area contributed by atoms with E-state index in [2.05, 4.69) is 30.8 Å². The first-order valence-corrected chi connectivity index (χ1v) is 7.65. The lowest BCUT2D eigenvalue weighted by Crippen LogP contribution is -2.08. The van der Waals surface area contributed by atoms with Gasteiger partial charge >= 0.3 is 5.97 Å². The van der Waals surface area contributed by atoms with E-state index in [1.54, 1.807) is 6.07 Å². The number of halogens is 1. The number of benzene rings is 1.